The van der Waals surface area contributed by atoms with E-state index in [0.29, 0.717) is 0 Å². The lowest BCUT2D eigenvalue weighted by atomic mass is 10.00. The smallest absolute Gasteiger partial charge is 0.320 e. The summed E-state index contributed by atoms with van der Waals surface area (Å²) in [5.41, 5.74) is 8.42. The molecule has 2 rings (SSSR count). The van der Waals surface area contributed by atoms with Crippen molar-refractivity contribution >= 4 is 7.82 Å². The molecular weight excluding hydrogens is 265 g/mol. The van der Waals surface area contributed by atoms with E-state index < -0.39 is 7.82 Å². The Balaban J connectivity index is 0.000000312. The van der Waals surface area contributed by atoms with Crippen molar-refractivity contribution in [1.82, 2.24) is 0 Å². The Bertz CT molecular complexity index is 479. The highest BCUT2D eigenvalue weighted by molar-refractivity contribution is 7.45. The van der Waals surface area contributed by atoms with Gasteiger partial charge in [0.15, 0.2) is 0 Å². The predicted molar refractivity (Wildman–Crippen MR) is 73.2 cm³/mol. The minimum atomic E-state index is -4.64. The summed E-state index contributed by atoms with van der Waals surface area (Å²) in [6, 6.07) is 20.2. The van der Waals surface area contributed by atoms with Gasteiger partial charge in [-0.1, -0.05) is 60.7 Å². The SMILES string of the molecule is NC(c1ccccc1)c1ccccc1.O=P(O)(O)O. The summed E-state index contributed by atoms with van der Waals surface area (Å²) in [4.78, 5) is 21.6. The Morgan fingerprint density at radius 3 is 1.32 bits per heavy atom. The summed E-state index contributed by atoms with van der Waals surface area (Å²) in [5, 5.41) is 0. The van der Waals surface area contributed by atoms with Crippen LogP contribution in [0.15, 0.2) is 60.7 Å². The first-order chi connectivity index (χ1) is 8.88. The highest BCUT2D eigenvalue weighted by Crippen LogP contribution is 2.25. The minimum absolute atomic E-state index is 0.0163. The molecule has 0 atom stereocenters. The summed E-state index contributed by atoms with van der Waals surface area (Å²) in [6.07, 6.45) is 0. The van der Waals surface area contributed by atoms with Gasteiger partial charge in [-0.3, -0.25) is 0 Å². The Labute approximate surface area is 111 Å². The molecule has 0 aromatic heterocycles. The van der Waals surface area contributed by atoms with Crippen LogP contribution in [-0.2, 0) is 4.57 Å². The fourth-order valence-electron chi connectivity index (χ4n) is 1.51. The lowest BCUT2D eigenvalue weighted by Gasteiger charge is -2.11. The molecule has 0 fully saturated rings. The van der Waals surface area contributed by atoms with E-state index in [-0.39, 0.29) is 6.04 Å². The van der Waals surface area contributed by atoms with Gasteiger partial charge in [0.25, 0.3) is 0 Å². The topological polar surface area (TPSA) is 104 Å². The van der Waals surface area contributed by atoms with Crippen LogP contribution in [0.2, 0.25) is 0 Å². The highest BCUT2D eigenvalue weighted by atomic mass is 31.2. The number of hydrogen-bond acceptors (Lipinski definition) is 2. The van der Waals surface area contributed by atoms with Crippen LogP contribution < -0.4 is 5.73 Å². The third-order valence-corrected chi connectivity index (χ3v) is 2.32. The second-order valence-electron chi connectivity index (χ2n) is 3.81. The molecule has 0 radical (unpaired) electrons. The molecular formula is C13H16NO4P. The zero-order valence-electron chi connectivity index (χ0n) is 10.1. The number of benzene rings is 2. The number of rotatable bonds is 2. The molecule has 5 N–H and O–H groups in total. The van der Waals surface area contributed by atoms with Gasteiger partial charge in [0, 0.05) is 0 Å². The first-order valence-corrected chi connectivity index (χ1v) is 7.08. The molecule has 0 aliphatic carbocycles. The van der Waals surface area contributed by atoms with Gasteiger partial charge < -0.3 is 20.4 Å². The van der Waals surface area contributed by atoms with Crippen molar-refractivity contribution in [2.45, 2.75) is 6.04 Å². The molecule has 6 heteroatoms. The van der Waals surface area contributed by atoms with E-state index >= 15 is 0 Å². The van der Waals surface area contributed by atoms with Crippen molar-refractivity contribution in [1.29, 1.82) is 0 Å². The van der Waals surface area contributed by atoms with Crippen LogP contribution in [0.1, 0.15) is 17.2 Å². The van der Waals surface area contributed by atoms with Gasteiger partial charge in [-0.25, -0.2) is 4.57 Å². The largest absolute Gasteiger partial charge is 0.466 e. The summed E-state index contributed by atoms with van der Waals surface area (Å²) < 4.78 is 8.88. The van der Waals surface area contributed by atoms with Crippen molar-refractivity contribution in [2.75, 3.05) is 0 Å². The standard InChI is InChI=1S/C13H13N.H3O4P/c14-13(11-7-3-1-4-8-11)12-9-5-2-6-10-12;1-5(2,3)4/h1-10,13H,14H2;(H3,1,2,3,4). The highest BCUT2D eigenvalue weighted by Gasteiger charge is 2.06. The molecule has 0 saturated heterocycles. The molecule has 0 bridgehead atoms. The van der Waals surface area contributed by atoms with Crippen molar-refractivity contribution in [2.24, 2.45) is 5.73 Å². The van der Waals surface area contributed by atoms with Crippen LogP contribution in [0.5, 0.6) is 0 Å². The van der Waals surface area contributed by atoms with Gasteiger partial charge in [-0.2, -0.15) is 0 Å². The molecule has 0 heterocycles. The Hall–Kier alpha value is -1.49. The average Bonchev–Trinajstić information content (AvgIpc) is 2.38. The van der Waals surface area contributed by atoms with Crippen LogP contribution in [0.25, 0.3) is 0 Å². The predicted octanol–water partition coefficient (Wildman–Crippen LogP) is 1.81. The van der Waals surface area contributed by atoms with Gasteiger partial charge in [-0.15, -0.1) is 0 Å². The molecule has 0 saturated carbocycles. The Morgan fingerprint density at radius 2 is 1.05 bits per heavy atom. The zero-order chi connectivity index (χ0) is 14.3. The van der Waals surface area contributed by atoms with Crippen molar-refractivity contribution in [3.05, 3.63) is 71.8 Å². The maximum absolute atomic E-state index is 8.88. The molecule has 0 aliphatic heterocycles. The van der Waals surface area contributed by atoms with Crippen LogP contribution in [0, 0.1) is 0 Å². The first kappa shape index (κ1) is 15.6. The van der Waals surface area contributed by atoms with Gasteiger partial charge >= 0.3 is 7.82 Å². The second-order valence-corrected chi connectivity index (χ2v) is 4.84. The van der Waals surface area contributed by atoms with Crippen LogP contribution in [0.3, 0.4) is 0 Å². The molecule has 0 spiro atoms. The van der Waals surface area contributed by atoms with Crippen molar-refractivity contribution in [3.8, 4) is 0 Å². The Kier molecular flexibility index (Phi) is 5.89. The molecule has 0 aliphatic rings. The monoisotopic (exact) mass is 281 g/mol. The number of hydrogen-bond donors (Lipinski definition) is 4. The maximum atomic E-state index is 8.88. The van der Waals surface area contributed by atoms with Crippen LogP contribution >= 0.6 is 7.82 Å². The van der Waals surface area contributed by atoms with Crippen LogP contribution in [-0.4, -0.2) is 14.7 Å². The molecule has 5 nitrogen and oxygen atoms in total. The van der Waals surface area contributed by atoms with E-state index in [1.807, 2.05) is 36.4 Å². The third-order valence-electron chi connectivity index (χ3n) is 2.32. The summed E-state index contributed by atoms with van der Waals surface area (Å²) in [7, 11) is -4.64. The van der Waals surface area contributed by atoms with Crippen molar-refractivity contribution in [3.63, 3.8) is 0 Å². The fraction of sp³-hybridized carbons (Fsp3) is 0.0769. The average molecular weight is 281 g/mol. The molecule has 2 aromatic carbocycles. The van der Waals surface area contributed by atoms with Crippen molar-refractivity contribution < 1.29 is 19.2 Å². The third kappa shape index (κ3) is 6.86. The lowest BCUT2D eigenvalue weighted by molar-refractivity contribution is 0.275. The number of nitrogens with two attached hydrogens (primary N) is 1. The van der Waals surface area contributed by atoms with E-state index in [2.05, 4.69) is 24.3 Å². The van der Waals surface area contributed by atoms with E-state index in [0.717, 1.165) is 11.1 Å². The van der Waals surface area contributed by atoms with Gasteiger partial charge in [0.1, 0.15) is 0 Å². The number of phosphoric acid groups is 1. The molecule has 2 aromatic rings. The van der Waals surface area contributed by atoms with Crippen LogP contribution in [0.4, 0.5) is 0 Å². The lowest BCUT2D eigenvalue weighted by Crippen LogP contribution is -2.11. The van der Waals surface area contributed by atoms with Gasteiger partial charge in [0.2, 0.25) is 0 Å². The van der Waals surface area contributed by atoms with E-state index in [1.54, 1.807) is 0 Å². The molecule has 102 valence electrons. The molecule has 19 heavy (non-hydrogen) atoms. The fourth-order valence-corrected chi connectivity index (χ4v) is 1.51. The summed E-state index contributed by atoms with van der Waals surface area (Å²) in [5.74, 6) is 0. The van der Waals surface area contributed by atoms with E-state index in [1.165, 1.54) is 0 Å². The van der Waals surface area contributed by atoms with E-state index in [4.69, 9.17) is 25.0 Å². The quantitative estimate of drug-likeness (QED) is 0.628. The Morgan fingerprint density at radius 1 is 0.789 bits per heavy atom. The second kappa shape index (κ2) is 7.19. The minimum Gasteiger partial charge on any atom is -0.320 e. The molecule has 0 amide bonds. The summed E-state index contributed by atoms with van der Waals surface area (Å²) >= 11 is 0. The summed E-state index contributed by atoms with van der Waals surface area (Å²) in [6.45, 7) is 0. The van der Waals surface area contributed by atoms with E-state index in [9.17, 15) is 0 Å². The van der Waals surface area contributed by atoms with Gasteiger partial charge in [-0.05, 0) is 11.1 Å². The maximum Gasteiger partial charge on any atom is 0.466 e. The van der Waals surface area contributed by atoms with Gasteiger partial charge in [0.05, 0.1) is 6.04 Å². The molecule has 0 unspecified atom stereocenters. The zero-order valence-corrected chi connectivity index (χ0v) is 11.0. The first-order valence-electron chi connectivity index (χ1n) is 5.51. The normalized spacial score (nSPS) is 10.8.